The van der Waals surface area contributed by atoms with Crippen LogP contribution >= 0.6 is 58.0 Å². The third-order valence-electron chi connectivity index (χ3n) is 2.73. The molecule has 0 saturated carbocycles. The summed E-state index contributed by atoms with van der Waals surface area (Å²) in [7, 11) is 0. The number of aliphatic hydroxyl groups is 1. The van der Waals surface area contributed by atoms with E-state index in [9.17, 15) is 9.50 Å². The summed E-state index contributed by atoms with van der Waals surface area (Å²) in [6.45, 7) is -0.391. The molecule has 20 heavy (non-hydrogen) atoms. The zero-order valence-electron chi connectivity index (χ0n) is 9.65. The van der Waals surface area contributed by atoms with Crippen molar-refractivity contribution in [2.24, 2.45) is 0 Å². The molecule has 0 radical (unpaired) electrons. The molecular weight excluding hydrogens is 368 g/mol. The van der Waals surface area contributed by atoms with Crippen LogP contribution in [0.1, 0.15) is 5.56 Å². The molecule has 0 aliphatic rings. The maximum atomic E-state index is 14.1. The van der Waals surface area contributed by atoms with Crippen LogP contribution in [0.15, 0.2) is 18.2 Å². The lowest BCUT2D eigenvalue weighted by molar-refractivity contribution is 0.282. The summed E-state index contributed by atoms with van der Waals surface area (Å²) in [5.41, 5.74) is 0.462. The van der Waals surface area contributed by atoms with Gasteiger partial charge in [-0.15, -0.1) is 0 Å². The second-order valence-corrected chi connectivity index (χ2v) is 5.77. The molecule has 106 valence electrons. The number of hydrogen-bond donors (Lipinski definition) is 1. The zero-order chi connectivity index (χ0) is 15.0. The van der Waals surface area contributed by atoms with E-state index in [4.69, 9.17) is 58.0 Å². The maximum absolute atomic E-state index is 14.1. The maximum Gasteiger partial charge on any atom is 0.131 e. The minimum absolute atomic E-state index is 0.00558. The number of aliphatic hydroxyl groups excluding tert-OH is 1. The lowest BCUT2D eigenvalue weighted by atomic mass is 9.99. The van der Waals surface area contributed by atoms with Crippen molar-refractivity contribution < 1.29 is 9.50 Å². The fourth-order valence-electron chi connectivity index (χ4n) is 1.80. The standard InChI is InChI=1S/C13H6Cl5FO/c14-9-8(10(15)12(17)13(18)11(9)16)7-5(4-20)2-1-3-6(7)19/h1-3,20H,4H2. The Labute approximate surface area is 139 Å². The minimum Gasteiger partial charge on any atom is -0.392 e. The van der Waals surface area contributed by atoms with Crippen LogP contribution in [0.5, 0.6) is 0 Å². The molecule has 0 atom stereocenters. The summed E-state index contributed by atoms with van der Waals surface area (Å²) in [4.78, 5) is 0. The predicted octanol–water partition coefficient (Wildman–Crippen LogP) is 6.25. The van der Waals surface area contributed by atoms with Gasteiger partial charge in [0.25, 0.3) is 0 Å². The van der Waals surface area contributed by atoms with Crippen LogP contribution in [0.4, 0.5) is 4.39 Å². The Balaban J connectivity index is 2.91. The van der Waals surface area contributed by atoms with E-state index in [-0.39, 0.29) is 36.2 Å². The number of hydrogen-bond acceptors (Lipinski definition) is 1. The highest BCUT2D eigenvalue weighted by atomic mass is 35.5. The van der Waals surface area contributed by atoms with Crippen molar-refractivity contribution in [2.75, 3.05) is 0 Å². The minimum atomic E-state index is -0.602. The average molecular weight is 374 g/mol. The third-order valence-corrected chi connectivity index (χ3v) is 5.01. The largest absolute Gasteiger partial charge is 0.392 e. The molecule has 2 aromatic rings. The average Bonchev–Trinajstić information content (AvgIpc) is 2.44. The number of benzene rings is 2. The Morgan fingerprint density at radius 1 is 0.800 bits per heavy atom. The molecule has 0 saturated heterocycles. The molecule has 0 heterocycles. The van der Waals surface area contributed by atoms with Gasteiger partial charge in [-0.3, -0.25) is 0 Å². The third kappa shape index (κ3) is 2.61. The van der Waals surface area contributed by atoms with Crippen molar-refractivity contribution in [3.8, 4) is 11.1 Å². The van der Waals surface area contributed by atoms with Gasteiger partial charge in [0.15, 0.2) is 0 Å². The van der Waals surface area contributed by atoms with Gasteiger partial charge in [0, 0.05) is 11.1 Å². The summed E-state index contributed by atoms with van der Waals surface area (Å²) >= 11 is 30.0. The summed E-state index contributed by atoms with van der Waals surface area (Å²) in [6.07, 6.45) is 0. The lowest BCUT2D eigenvalue weighted by Crippen LogP contribution is -1.96. The van der Waals surface area contributed by atoms with Crippen molar-refractivity contribution in [1.29, 1.82) is 0 Å². The van der Waals surface area contributed by atoms with Crippen molar-refractivity contribution >= 4 is 58.0 Å². The summed E-state index contributed by atoms with van der Waals surface area (Å²) in [5, 5.41) is 9.24. The molecule has 0 aliphatic heterocycles. The van der Waals surface area contributed by atoms with Gasteiger partial charge in [0.05, 0.1) is 31.7 Å². The molecule has 0 aliphatic carbocycles. The van der Waals surface area contributed by atoms with Crippen LogP contribution < -0.4 is 0 Å². The molecule has 2 aromatic carbocycles. The topological polar surface area (TPSA) is 20.2 Å². The van der Waals surface area contributed by atoms with Crippen LogP contribution in [0.2, 0.25) is 25.1 Å². The van der Waals surface area contributed by atoms with Gasteiger partial charge in [0.2, 0.25) is 0 Å². The molecule has 0 unspecified atom stereocenters. The van der Waals surface area contributed by atoms with E-state index in [1.54, 1.807) is 6.07 Å². The van der Waals surface area contributed by atoms with E-state index in [2.05, 4.69) is 0 Å². The van der Waals surface area contributed by atoms with E-state index in [0.717, 1.165) is 0 Å². The van der Waals surface area contributed by atoms with Crippen LogP contribution in [-0.2, 0) is 6.61 Å². The van der Waals surface area contributed by atoms with Gasteiger partial charge in [-0.1, -0.05) is 70.1 Å². The molecule has 1 N–H and O–H groups in total. The second kappa shape index (κ2) is 6.27. The van der Waals surface area contributed by atoms with Gasteiger partial charge in [0.1, 0.15) is 5.82 Å². The first-order valence-electron chi connectivity index (χ1n) is 5.30. The van der Waals surface area contributed by atoms with Crippen LogP contribution in [0.25, 0.3) is 11.1 Å². The zero-order valence-corrected chi connectivity index (χ0v) is 13.4. The van der Waals surface area contributed by atoms with Gasteiger partial charge in [-0.05, 0) is 11.6 Å². The van der Waals surface area contributed by atoms with E-state index in [1.165, 1.54) is 12.1 Å². The highest BCUT2D eigenvalue weighted by molar-refractivity contribution is 6.56. The fourth-order valence-corrected chi connectivity index (χ4v) is 3.13. The Morgan fingerprint density at radius 3 is 1.80 bits per heavy atom. The summed E-state index contributed by atoms with van der Waals surface area (Å²) in [6, 6.07) is 4.23. The van der Waals surface area contributed by atoms with Gasteiger partial charge in [-0.25, -0.2) is 4.39 Å². The first-order valence-corrected chi connectivity index (χ1v) is 7.19. The van der Waals surface area contributed by atoms with Crippen molar-refractivity contribution in [1.82, 2.24) is 0 Å². The van der Waals surface area contributed by atoms with Gasteiger partial charge < -0.3 is 5.11 Å². The van der Waals surface area contributed by atoms with Gasteiger partial charge in [-0.2, -0.15) is 0 Å². The number of halogens is 6. The molecule has 7 heteroatoms. The fraction of sp³-hybridized carbons (Fsp3) is 0.0769. The van der Waals surface area contributed by atoms with E-state index >= 15 is 0 Å². The molecule has 0 fully saturated rings. The highest BCUT2D eigenvalue weighted by Crippen LogP contribution is 2.49. The molecule has 0 spiro atoms. The number of rotatable bonds is 2. The molecular formula is C13H6Cl5FO. The van der Waals surface area contributed by atoms with Crippen LogP contribution in [0, 0.1) is 5.82 Å². The molecule has 0 bridgehead atoms. The molecule has 1 nitrogen and oxygen atoms in total. The SMILES string of the molecule is OCc1cccc(F)c1-c1c(Cl)c(Cl)c(Cl)c(Cl)c1Cl. The van der Waals surface area contributed by atoms with Crippen LogP contribution in [0.3, 0.4) is 0 Å². The lowest BCUT2D eigenvalue weighted by Gasteiger charge is -2.15. The first-order chi connectivity index (χ1) is 9.40. The smallest absolute Gasteiger partial charge is 0.131 e. The Hall–Kier alpha value is -0.220. The molecule has 0 aromatic heterocycles. The Bertz CT molecular complexity index is 658. The highest BCUT2D eigenvalue weighted by Gasteiger charge is 2.24. The first kappa shape index (κ1) is 16.2. The molecule has 2 rings (SSSR count). The van der Waals surface area contributed by atoms with Crippen molar-refractivity contribution in [2.45, 2.75) is 6.61 Å². The summed E-state index contributed by atoms with van der Waals surface area (Å²) in [5.74, 6) is -0.602. The van der Waals surface area contributed by atoms with E-state index < -0.39 is 12.4 Å². The van der Waals surface area contributed by atoms with E-state index in [0.29, 0.717) is 5.56 Å². The van der Waals surface area contributed by atoms with Crippen molar-refractivity contribution in [3.05, 3.63) is 54.7 Å². The normalized spacial score (nSPS) is 10.9. The quantitative estimate of drug-likeness (QED) is 0.486. The predicted molar refractivity (Wildman–Crippen MR) is 82.8 cm³/mol. The molecule has 0 amide bonds. The van der Waals surface area contributed by atoms with E-state index in [1.807, 2.05) is 0 Å². The van der Waals surface area contributed by atoms with Gasteiger partial charge >= 0.3 is 0 Å². The second-order valence-electron chi connectivity index (χ2n) is 3.88. The van der Waals surface area contributed by atoms with Crippen LogP contribution in [-0.4, -0.2) is 5.11 Å². The Morgan fingerprint density at radius 2 is 1.30 bits per heavy atom. The summed E-state index contributed by atoms with van der Waals surface area (Å²) < 4.78 is 14.1. The monoisotopic (exact) mass is 372 g/mol. The van der Waals surface area contributed by atoms with Crippen molar-refractivity contribution in [3.63, 3.8) is 0 Å². The Kier molecular flexibility index (Phi) is 5.06.